The van der Waals surface area contributed by atoms with E-state index in [1.165, 1.54) is 0 Å². The van der Waals surface area contributed by atoms with Gasteiger partial charge >= 0.3 is 0 Å². The summed E-state index contributed by atoms with van der Waals surface area (Å²) in [5.74, 6) is -0.220. The Kier molecular flexibility index (Phi) is 7.04. The number of rotatable bonds is 8. The molecule has 176 valence electrons. The number of nitrogens with zero attached hydrogens (tertiary/aromatic N) is 4. The van der Waals surface area contributed by atoms with Gasteiger partial charge in [-0.3, -0.25) is 19.4 Å². The first-order valence-corrected chi connectivity index (χ1v) is 11.7. The van der Waals surface area contributed by atoms with Crippen molar-refractivity contribution in [3.63, 3.8) is 0 Å². The number of aromatic nitrogens is 4. The van der Waals surface area contributed by atoms with Crippen molar-refractivity contribution in [1.82, 2.24) is 25.1 Å². The van der Waals surface area contributed by atoms with Crippen LogP contribution in [0.15, 0.2) is 122 Å². The topological polar surface area (TPSA) is 72.7 Å². The summed E-state index contributed by atoms with van der Waals surface area (Å²) >= 11 is 0. The van der Waals surface area contributed by atoms with Gasteiger partial charge in [0, 0.05) is 42.0 Å². The molecule has 0 saturated carbocycles. The second-order valence-electron chi connectivity index (χ2n) is 8.30. The largest absolute Gasteiger partial charge is 0.340 e. The molecule has 5 aromatic rings. The van der Waals surface area contributed by atoms with E-state index >= 15 is 0 Å². The smallest absolute Gasteiger partial charge is 0.244 e. The van der Waals surface area contributed by atoms with Gasteiger partial charge in [0.05, 0.1) is 18.3 Å². The minimum Gasteiger partial charge on any atom is -0.340 e. The first-order chi connectivity index (χ1) is 17.8. The second kappa shape index (κ2) is 11.1. The van der Waals surface area contributed by atoms with Crippen LogP contribution in [0, 0.1) is 0 Å². The number of hydrogen-bond acceptors (Lipinski definition) is 4. The average Bonchev–Trinajstić information content (AvgIpc) is 3.35. The molecule has 0 aliphatic carbocycles. The first kappa shape index (κ1) is 22.9. The van der Waals surface area contributed by atoms with Gasteiger partial charge in [-0.2, -0.15) is 5.10 Å². The van der Waals surface area contributed by atoms with Crippen molar-refractivity contribution < 1.29 is 4.79 Å². The lowest BCUT2D eigenvalue weighted by Crippen LogP contribution is -2.28. The highest BCUT2D eigenvalue weighted by Crippen LogP contribution is 2.24. The normalized spacial score (nSPS) is 11.9. The fourth-order valence-electron chi connectivity index (χ4n) is 4.01. The molecule has 3 aromatic heterocycles. The van der Waals surface area contributed by atoms with E-state index in [0.29, 0.717) is 6.54 Å². The number of benzene rings is 2. The maximum absolute atomic E-state index is 13.1. The Morgan fingerprint density at radius 1 is 0.889 bits per heavy atom. The van der Waals surface area contributed by atoms with Crippen LogP contribution in [0.2, 0.25) is 0 Å². The lowest BCUT2D eigenvalue weighted by atomic mass is 10.0. The third-order valence-corrected chi connectivity index (χ3v) is 5.73. The predicted molar refractivity (Wildman–Crippen MR) is 141 cm³/mol. The molecule has 6 heteroatoms. The van der Waals surface area contributed by atoms with Crippen LogP contribution >= 0.6 is 0 Å². The Labute approximate surface area is 210 Å². The summed E-state index contributed by atoms with van der Waals surface area (Å²) < 4.78 is 1.88. The van der Waals surface area contributed by atoms with E-state index in [9.17, 15) is 4.79 Å². The fraction of sp³-hybridized carbons (Fsp3) is 0.0667. The van der Waals surface area contributed by atoms with E-state index in [1.54, 1.807) is 30.7 Å². The molecular weight excluding hydrogens is 446 g/mol. The molecule has 6 nitrogen and oxygen atoms in total. The summed E-state index contributed by atoms with van der Waals surface area (Å²) in [6.07, 6.45) is 10.5. The van der Waals surface area contributed by atoms with Gasteiger partial charge in [0.2, 0.25) is 5.91 Å². The summed E-state index contributed by atoms with van der Waals surface area (Å²) in [4.78, 5) is 21.8. The molecule has 1 unspecified atom stereocenters. The van der Waals surface area contributed by atoms with Gasteiger partial charge in [0.1, 0.15) is 5.69 Å². The van der Waals surface area contributed by atoms with Gasteiger partial charge in [-0.15, -0.1) is 0 Å². The average molecular weight is 472 g/mol. The Morgan fingerprint density at radius 2 is 1.67 bits per heavy atom. The number of nitrogens with one attached hydrogen (secondary N) is 1. The van der Waals surface area contributed by atoms with Crippen LogP contribution in [0.5, 0.6) is 0 Å². The van der Waals surface area contributed by atoms with Crippen LogP contribution < -0.4 is 5.32 Å². The molecule has 0 bridgehead atoms. The lowest BCUT2D eigenvalue weighted by Gasteiger charge is -2.17. The van der Waals surface area contributed by atoms with Crippen LogP contribution in [0.1, 0.15) is 28.4 Å². The molecule has 0 fully saturated rings. The summed E-state index contributed by atoms with van der Waals surface area (Å²) in [5.41, 5.74) is 5.38. The van der Waals surface area contributed by atoms with Gasteiger partial charge in [0.25, 0.3) is 0 Å². The van der Waals surface area contributed by atoms with Gasteiger partial charge < -0.3 is 5.32 Å². The van der Waals surface area contributed by atoms with Crippen molar-refractivity contribution in [1.29, 1.82) is 0 Å². The zero-order valence-electron chi connectivity index (χ0n) is 19.6. The molecule has 1 N–H and O–H groups in total. The van der Waals surface area contributed by atoms with E-state index in [1.807, 2.05) is 89.7 Å². The van der Waals surface area contributed by atoms with E-state index < -0.39 is 0 Å². The van der Waals surface area contributed by atoms with E-state index in [-0.39, 0.29) is 11.9 Å². The number of carbonyl (C=O) groups is 1. The maximum Gasteiger partial charge on any atom is 0.244 e. The van der Waals surface area contributed by atoms with Gasteiger partial charge in [-0.05, 0) is 41.5 Å². The summed E-state index contributed by atoms with van der Waals surface area (Å²) in [7, 11) is 0. The summed E-state index contributed by atoms with van der Waals surface area (Å²) in [6, 6.07) is 29.1. The van der Waals surface area contributed by atoms with Crippen LogP contribution in [0.3, 0.4) is 0 Å². The standard InChI is InChI=1S/C30H25N5O/c36-28(33-30(24-12-5-2-6-13-24)27-15-7-8-19-32-27)17-16-26-22-35(21-23-10-3-1-4-11-23)34-29(26)25-14-9-18-31-20-25/h1-20,22,30H,21H2,(H,33,36)/b17-16+. The minimum absolute atomic E-state index is 0.220. The zero-order valence-corrected chi connectivity index (χ0v) is 19.6. The molecule has 0 aliphatic rings. The fourth-order valence-corrected chi connectivity index (χ4v) is 4.01. The second-order valence-corrected chi connectivity index (χ2v) is 8.30. The van der Waals surface area contributed by atoms with Gasteiger partial charge in [-0.1, -0.05) is 66.7 Å². The van der Waals surface area contributed by atoms with Crippen LogP contribution in [-0.4, -0.2) is 25.7 Å². The van der Waals surface area contributed by atoms with Crippen molar-refractivity contribution in [2.75, 3.05) is 0 Å². The van der Waals surface area contributed by atoms with Crippen LogP contribution in [-0.2, 0) is 11.3 Å². The highest BCUT2D eigenvalue weighted by molar-refractivity contribution is 5.93. The van der Waals surface area contributed by atoms with E-state index in [4.69, 9.17) is 5.10 Å². The van der Waals surface area contributed by atoms with E-state index in [2.05, 4.69) is 27.4 Å². The molecule has 0 radical (unpaired) electrons. The Bertz CT molecular complexity index is 1390. The van der Waals surface area contributed by atoms with Crippen molar-refractivity contribution >= 4 is 12.0 Å². The first-order valence-electron chi connectivity index (χ1n) is 11.7. The Hall–Kier alpha value is -4.84. The number of carbonyl (C=O) groups excluding carboxylic acids is 1. The minimum atomic E-state index is -0.358. The molecule has 3 heterocycles. The van der Waals surface area contributed by atoms with E-state index in [0.717, 1.165) is 33.6 Å². The molecule has 0 spiro atoms. The SMILES string of the molecule is O=C(/C=C/c1cn(Cc2ccccc2)nc1-c1cccnc1)NC(c1ccccc1)c1ccccn1. The van der Waals surface area contributed by atoms with Gasteiger partial charge in [-0.25, -0.2) is 0 Å². The molecule has 0 aliphatic heterocycles. The molecule has 2 aromatic carbocycles. The lowest BCUT2D eigenvalue weighted by molar-refractivity contribution is -0.116. The molecule has 1 atom stereocenters. The van der Waals surface area contributed by atoms with Gasteiger partial charge in [0.15, 0.2) is 0 Å². The van der Waals surface area contributed by atoms with Crippen molar-refractivity contribution in [3.8, 4) is 11.3 Å². The monoisotopic (exact) mass is 471 g/mol. The van der Waals surface area contributed by atoms with Crippen molar-refractivity contribution in [2.45, 2.75) is 12.6 Å². The third-order valence-electron chi connectivity index (χ3n) is 5.73. The van der Waals surface area contributed by atoms with Crippen molar-refractivity contribution in [3.05, 3.63) is 144 Å². The highest BCUT2D eigenvalue weighted by atomic mass is 16.1. The molecule has 1 amide bonds. The number of pyridine rings is 2. The number of amides is 1. The molecular formula is C30H25N5O. The molecule has 0 saturated heterocycles. The Morgan fingerprint density at radius 3 is 2.39 bits per heavy atom. The number of hydrogen-bond donors (Lipinski definition) is 1. The summed E-state index contributed by atoms with van der Waals surface area (Å²) in [6.45, 7) is 0.629. The quantitative estimate of drug-likeness (QED) is 0.312. The highest BCUT2D eigenvalue weighted by Gasteiger charge is 2.17. The van der Waals surface area contributed by atoms with Crippen LogP contribution in [0.4, 0.5) is 0 Å². The Balaban J connectivity index is 1.41. The zero-order chi connectivity index (χ0) is 24.6. The predicted octanol–water partition coefficient (Wildman–Crippen LogP) is 5.31. The summed E-state index contributed by atoms with van der Waals surface area (Å²) in [5, 5.41) is 7.89. The van der Waals surface area contributed by atoms with Crippen LogP contribution in [0.25, 0.3) is 17.3 Å². The third kappa shape index (κ3) is 5.62. The molecule has 5 rings (SSSR count). The maximum atomic E-state index is 13.1. The molecule has 36 heavy (non-hydrogen) atoms. The van der Waals surface area contributed by atoms with Crippen molar-refractivity contribution in [2.24, 2.45) is 0 Å².